The summed E-state index contributed by atoms with van der Waals surface area (Å²) in [6.45, 7) is 4.00. The number of nitrogens with zero attached hydrogens (tertiary/aromatic N) is 2. The molecule has 0 aromatic heterocycles. The quantitative estimate of drug-likeness (QED) is 0.753. The first-order chi connectivity index (χ1) is 12.9. The highest BCUT2D eigenvalue weighted by molar-refractivity contribution is 7.90. The molecule has 1 unspecified atom stereocenters. The first kappa shape index (κ1) is 17.7. The van der Waals surface area contributed by atoms with Gasteiger partial charge < -0.3 is 10.4 Å². The lowest BCUT2D eigenvalue weighted by Gasteiger charge is -2.34. The molecule has 0 amide bonds. The number of rotatable bonds is 3. The summed E-state index contributed by atoms with van der Waals surface area (Å²) in [6.07, 6.45) is 0.681. The number of aliphatic hydroxyl groups excluding tert-OH is 1. The molecule has 2 aliphatic rings. The van der Waals surface area contributed by atoms with Crippen molar-refractivity contribution < 1.29 is 13.5 Å². The van der Waals surface area contributed by atoms with Gasteiger partial charge in [0.1, 0.15) is 11.0 Å². The largest absolute Gasteiger partial charge is 0.383 e. The molecule has 2 aromatic rings. The fourth-order valence-electron chi connectivity index (χ4n) is 3.20. The van der Waals surface area contributed by atoms with Gasteiger partial charge in [0.05, 0.1) is 11.4 Å². The lowest BCUT2D eigenvalue weighted by molar-refractivity contribution is 0.219. The monoisotopic (exact) mass is 384 g/mol. The van der Waals surface area contributed by atoms with Crippen LogP contribution < -0.4 is 15.8 Å². The Balaban J connectivity index is 1.82. The fraction of sp³-hybridized carbons (Fsp3) is 0.211. The van der Waals surface area contributed by atoms with E-state index in [-0.39, 0.29) is 16.8 Å². The Hall–Kier alpha value is -2.68. The number of nitrogens with one attached hydrogen (secondary N) is 2. The van der Waals surface area contributed by atoms with E-state index >= 15 is 0 Å². The van der Waals surface area contributed by atoms with Crippen LogP contribution in [0.5, 0.6) is 0 Å². The van der Waals surface area contributed by atoms with E-state index in [4.69, 9.17) is 0 Å². The zero-order chi connectivity index (χ0) is 19.2. The third kappa shape index (κ3) is 3.12. The maximum Gasteiger partial charge on any atom is 0.286 e. The Bertz CT molecular complexity index is 1060. The van der Waals surface area contributed by atoms with Gasteiger partial charge in [0, 0.05) is 23.4 Å². The highest BCUT2D eigenvalue weighted by Crippen LogP contribution is 2.38. The normalized spacial score (nSPS) is 20.3. The van der Waals surface area contributed by atoms with Crippen molar-refractivity contribution in [3.05, 3.63) is 65.9 Å². The van der Waals surface area contributed by atoms with E-state index in [1.54, 1.807) is 29.4 Å². The standard InChI is InChI=1S/C19H20N4O3S/c1-12(2)21-23-11-14(18(24)13-7-3-5-9-16(13)23)19-20-15-8-4-6-10-17(15)27(25,26)22-19/h3-12,18,21,24H,1-2H3,(H,20,22). The lowest BCUT2D eigenvalue weighted by atomic mass is 9.96. The van der Waals surface area contributed by atoms with Gasteiger partial charge in [-0.05, 0) is 32.0 Å². The number of hydrazine groups is 1. The molecule has 0 spiro atoms. The van der Waals surface area contributed by atoms with Crippen molar-refractivity contribution in [3.8, 4) is 0 Å². The molecule has 0 radical (unpaired) electrons. The minimum atomic E-state index is -3.85. The van der Waals surface area contributed by atoms with Crippen molar-refractivity contribution in [1.29, 1.82) is 0 Å². The molecule has 0 aliphatic carbocycles. The first-order valence-corrected chi connectivity index (χ1v) is 10.1. The minimum Gasteiger partial charge on any atom is -0.383 e. The Morgan fingerprint density at radius 1 is 1.15 bits per heavy atom. The number of anilines is 2. The van der Waals surface area contributed by atoms with Crippen molar-refractivity contribution >= 4 is 27.2 Å². The molecule has 4 rings (SSSR count). The van der Waals surface area contributed by atoms with Crippen molar-refractivity contribution in [2.45, 2.75) is 30.9 Å². The molecule has 0 fully saturated rings. The van der Waals surface area contributed by atoms with Gasteiger partial charge in [0.25, 0.3) is 10.0 Å². The zero-order valence-corrected chi connectivity index (χ0v) is 15.7. The van der Waals surface area contributed by atoms with E-state index in [0.29, 0.717) is 16.8 Å². The highest BCUT2D eigenvalue weighted by Gasteiger charge is 2.33. The minimum absolute atomic E-state index is 0.117. The summed E-state index contributed by atoms with van der Waals surface area (Å²) in [4.78, 5) is 0.122. The Morgan fingerprint density at radius 3 is 2.63 bits per heavy atom. The molecule has 27 heavy (non-hydrogen) atoms. The number of hydrogen-bond acceptors (Lipinski definition) is 6. The van der Waals surface area contributed by atoms with Crippen LogP contribution >= 0.6 is 0 Å². The summed E-state index contributed by atoms with van der Waals surface area (Å²) in [5.74, 6) is 0.117. The molecule has 3 N–H and O–H groups in total. The zero-order valence-electron chi connectivity index (χ0n) is 14.9. The molecular weight excluding hydrogens is 364 g/mol. The number of aliphatic hydroxyl groups is 1. The number of fused-ring (bicyclic) bond motifs is 2. The molecule has 0 bridgehead atoms. The average Bonchev–Trinajstić information content (AvgIpc) is 2.63. The molecule has 0 saturated carbocycles. The van der Waals surface area contributed by atoms with Crippen molar-refractivity contribution in [1.82, 2.24) is 5.43 Å². The van der Waals surface area contributed by atoms with E-state index in [1.807, 2.05) is 38.1 Å². The van der Waals surface area contributed by atoms with Crippen LogP contribution in [0.2, 0.25) is 0 Å². The molecule has 2 aromatic carbocycles. The van der Waals surface area contributed by atoms with Gasteiger partial charge in [-0.15, -0.1) is 4.40 Å². The molecule has 0 saturated heterocycles. The number of amidine groups is 1. The van der Waals surface area contributed by atoms with E-state index in [2.05, 4.69) is 15.1 Å². The molecule has 2 aliphatic heterocycles. The van der Waals surface area contributed by atoms with E-state index < -0.39 is 16.1 Å². The van der Waals surface area contributed by atoms with Crippen LogP contribution in [0.3, 0.4) is 0 Å². The van der Waals surface area contributed by atoms with Gasteiger partial charge in [-0.3, -0.25) is 5.01 Å². The van der Waals surface area contributed by atoms with Crippen molar-refractivity contribution in [2.75, 3.05) is 10.3 Å². The Labute approximate surface area is 158 Å². The molecule has 2 heterocycles. The smallest absolute Gasteiger partial charge is 0.286 e. The first-order valence-electron chi connectivity index (χ1n) is 8.62. The van der Waals surface area contributed by atoms with E-state index in [0.717, 1.165) is 5.69 Å². The number of benzene rings is 2. The molecule has 140 valence electrons. The average molecular weight is 384 g/mol. The second-order valence-electron chi connectivity index (χ2n) is 6.74. The van der Waals surface area contributed by atoms with Gasteiger partial charge in [-0.1, -0.05) is 30.3 Å². The van der Waals surface area contributed by atoms with Crippen LogP contribution in [0.15, 0.2) is 69.6 Å². The van der Waals surface area contributed by atoms with Crippen molar-refractivity contribution in [2.24, 2.45) is 4.40 Å². The summed E-state index contributed by atoms with van der Waals surface area (Å²) in [6, 6.07) is 14.1. The van der Waals surface area contributed by atoms with Gasteiger partial charge >= 0.3 is 0 Å². The molecule has 7 nitrogen and oxygen atoms in total. The summed E-state index contributed by atoms with van der Waals surface area (Å²) in [5, 5.41) is 15.7. The lowest BCUT2D eigenvalue weighted by Crippen LogP contribution is -2.42. The van der Waals surface area contributed by atoms with Crippen LogP contribution in [0.4, 0.5) is 11.4 Å². The number of hydrogen-bond donors (Lipinski definition) is 3. The van der Waals surface area contributed by atoms with Gasteiger partial charge in [-0.2, -0.15) is 8.42 Å². The predicted octanol–water partition coefficient (Wildman–Crippen LogP) is 2.55. The Morgan fingerprint density at radius 2 is 1.85 bits per heavy atom. The Kier molecular flexibility index (Phi) is 4.26. The second-order valence-corrected chi connectivity index (χ2v) is 8.31. The van der Waals surface area contributed by atoms with Gasteiger partial charge in [0.15, 0.2) is 5.84 Å². The second kappa shape index (κ2) is 6.49. The topological polar surface area (TPSA) is 94.0 Å². The molecular formula is C19H20N4O3S. The number of para-hydroxylation sites is 2. The summed E-state index contributed by atoms with van der Waals surface area (Å²) in [7, 11) is -3.85. The van der Waals surface area contributed by atoms with Crippen LogP contribution in [0, 0.1) is 0 Å². The number of sulfonamides is 1. The maximum atomic E-state index is 12.6. The summed E-state index contributed by atoms with van der Waals surface area (Å²) < 4.78 is 29.1. The maximum absolute atomic E-state index is 12.6. The van der Waals surface area contributed by atoms with Crippen LogP contribution in [-0.4, -0.2) is 25.4 Å². The SMILES string of the molecule is CC(C)NN1C=C(C2=NS(=O)(=O)c3ccccc3N2)C(O)c2ccccc21. The van der Waals surface area contributed by atoms with E-state index in [1.165, 1.54) is 6.07 Å². The predicted molar refractivity (Wildman–Crippen MR) is 105 cm³/mol. The van der Waals surface area contributed by atoms with Crippen LogP contribution in [-0.2, 0) is 10.0 Å². The summed E-state index contributed by atoms with van der Waals surface area (Å²) >= 11 is 0. The van der Waals surface area contributed by atoms with Crippen LogP contribution in [0.25, 0.3) is 0 Å². The van der Waals surface area contributed by atoms with Gasteiger partial charge in [-0.25, -0.2) is 5.43 Å². The van der Waals surface area contributed by atoms with E-state index in [9.17, 15) is 13.5 Å². The van der Waals surface area contributed by atoms with Crippen molar-refractivity contribution in [3.63, 3.8) is 0 Å². The fourth-order valence-corrected chi connectivity index (χ4v) is 4.34. The molecule has 1 atom stereocenters. The molecule has 8 heteroatoms. The third-order valence-corrected chi connectivity index (χ3v) is 5.69. The third-order valence-electron chi connectivity index (χ3n) is 4.35. The van der Waals surface area contributed by atoms with Gasteiger partial charge in [0.2, 0.25) is 0 Å². The summed E-state index contributed by atoms with van der Waals surface area (Å²) in [5.41, 5.74) is 5.58. The highest BCUT2D eigenvalue weighted by atomic mass is 32.2. The van der Waals surface area contributed by atoms with Crippen LogP contribution in [0.1, 0.15) is 25.5 Å².